The Labute approximate surface area is 170 Å². The first kappa shape index (κ1) is 20.8. The van der Waals surface area contributed by atoms with Crippen LogP contribution in [0.1, 0.15) is 25.2 Å². The topological polar surface area (TPSA) is 72.3 Å². The predicted octanol–water partition coefficient (Wildman–Crippen LogP) is 1.72. The van der Waals surface area contributed by atoms with Gasteiger partial charge < -0.3 is 14.6 Å². The first-order valence-electron chi connectivity index (χ1n) is 9.60. The largest absolute Gasteiger partial charge is 0.379 e. The standard InChI is InChI=1S/C20H29N5O2S/c1-20(2,25-9-11-27-12-10-25)15-21-18(26)14-28-19-23-22-17(24(19)3)13-16-7-5-4-6-8-16/h4-8H,9-15H2,1-3H3,(H,21,26). The van der Waals surface area contributed by atoms with Gasteiger partial charge in [0.1, 0.15) is 5.82 Å². The summed E-state index contributed by atoms with van der Waals surface area (Å²) in [6.07, 6.45) is 0.727. The number of nitrogens with one attached hydrogen (secondary N) is 1. The molecule has 0 unspecified atom stereocenters. The molecule has 28 heavy (non-hydrogen) atoms. The molecule has 1 N–H and O–H groups in total. The molecule has 0 spiro atoms. The third-order valence-electron chi connectivity index (χ3n) is 5.05. The number of amides is 1. The van der Waals surface area contributed by atoms with Crippen molar-refractivity contribution in [2.45, 2.75) is 31.0 Å². The van der Waals surface area contributed by atoms with E-state index in [1.165, 1.54) is 17.3 Å². The van der Waals surface area contributed by atoms with E-state index in [1.54, 1.807) is 0 Å². The number of rotatable bonds is 8. The molecule has 0 radical (unpaired) electrons. The second kappa shape index (κ2) is 9.54. The molecule has 1 aromatic carbocycles. The maximum Gasteiger partial charge on any atom is 0.230 e. The molecular weight excluding hydrogens is 374 g/mol. The van der Waals surface area contributed by atoms with Gasteiger partial charge in [0, 0.05) is 38.6 Å². The van der Waals surface area contributed by atoms with Crippen LogP contribution in [-0.2, 0) is 23.0 Å². The summed E-state index contributed by atoms with van der Waals surface area (Å²) in [6, 6.07) is 10.2. The van der Waals surface area contributed by atoms with Crippen molar-refractivity contribution in [2.75, 3.05) is 38.6 Å². The van der Waals surface area contributed by atoms with Crippen molar-refractivity contribution in [1.29, 1.82) is 0 Å². The summed E-state index contributed by atoms with van der Waals surface area (Å²) < 4.78 is 7.37. The molecule has 3 rings (SSSR count). The van der Waals surface area contributed by atoms with Crippen molar-refractivity contribution in [3.05, 3.63) is 41.7 Å². The Bertz CT molecular complexity index is 772. The molecule has 1 saturated heterocycles. The van der Waals surface area contributed by atoms with Gasteiger partial charge in [-0.3, -0.25) is 9.69 Å². The fraction of sp³-hybridized carbons (Fsp3) is 0.550. The van der Waals surface area contributed by atoms with Crippen LogP contribution in [-0.4, -0.2) is 69.7 Å². The lowest BCUT2D eigenvalue weighted by Gasteiger charge is -2.40. The molecule has 0 bridgehead atoms. The van der Waals surface area contributed by atoms with Crippen LogP contribution in [0.5, 0.6) is 0 Å². The molecule has 2 heterocycles. The molecule has 1 aromatic heterocycles. The van der Waals surface area contributed by atoms with Crippen LogP contribution in [0, 0.1) is 0 Å². The molecule has 0 aliphatic carbocycles. The summed E-state index contributed by atoms with van der Waals surface area (Å²) in [4.78, 5) is 14.7. The van der Waals surface area contributed by atoms with Crippen molar-refractivity contribution in [3.8, 4) is 0 Å². The molecule has 0 saturated carbocycles. The highest BCUT2D eigenvalue weighted by molar-refractivity contribution is 7.99. The minimum absolute atomic E-state index is 0.0129. The predicted molar refractivity (Wildman–Crippen MR) is 110 cm³/mol. The van der Waals surface area contributed by atoms with E-state index in [2.05, 4.69) is 46.4 Å². The number of benzene rings is 1. The first-order valence-corrected chi connectivity index (χ1v) is 10.6. The van der Waals surface area contributed by atoms with E-state index >= 15 is 0 Å². The Morgan fingerprint density at radius 1 is 1.21 bits per heavy atom. The van der Waals surface area contributed by atoms with Gasteiger partial charge >= 0.3 is 0 Å². The minimum atomic E-state index is -0.0856. The molecule has 1 fully saturated rings. The Hall–Kier alpha value is -1.90. The van der Waals surface area contributed by atoms with Crippen LogP contribution >= 0.6 is 11.8 Å². The smallest absolute Gasteiger partial charge is 0.230 e. The maximum absolute atomic E-state index is 12.3. The van der Waals surface area contributed by atoms with Gasteiger partial charge in [-0.05, 0) is 19.4 Å². The molecule has 8 heteroatoms. The summed E-state index contributed by atoms with van der Waals surface area (Å²) >= 11 is 1.42. The van der Waals surface area contributed by atoms with Crippen LogP contribution in [0.15, 0.2) is 35.5 Å². The van der Waals surface area contributed by atoms with Crippen molar-refractivity contribution < 1.29 is 9.53 Å². The van der Waals surface area contributed by atoms with Gasteiger partial charge in [-0.15, -0.1) is 10.2 Å². The van der Waals surface area contributed by atoms with Crippen molar-refractivity contribution in [3.63, 3.8) is 0 Å². The highest BCUT2D eigenvalue weighted by Crippen LogP contribution is 2.18. The van der Waals surface area contributed by atoms with Gasteiger partial charge in [-0.25, -0.2) is 0 Å². The second-order valence-electron chi connectivity index (χ2n) is 7.60. The quantitative estimate of drug-likeness (QED) is 0.677. The minimum Gasteiger partial charge on any atom is -0.379 e. The van der Waals surface area contributed by atoms with Gasteiger partial charge in [0.05, 0.1) is 19.0 Å². The molecule has 2 aromatic rings. The van der Waals surface area contributed by atoms with E-state index in [4.69, 9.17) is 4.74 Å². The van der Waals surface area contributed by atoms with Crippen LogP contribution in [0.2, 0.25) is 0 Å². The van der Waals surface area contributed by atoms with Gasteiger partial charge in [0.25, 0.3) is 0 Å². The lowest BCUT2D eigenvalue weighted by molar-refractivity contribution is -0.119. The van der Waals surface area contributed by atoms with Crippen LogP contribution < -0.4 is 5.32 Å². The SMILES string of the molecule is Cn1c(Cc2ccccc2)nnc1SCC(=O)NCC(C)(C)N1CCOCC1. The van der Waals surface area contributed by atoms with Crippen molar-refractivity contribution >= 4 is 17.7 Å². The second-order valence-corrected chi connectivity index (χ2v) is 8.54. The average Bonchev–Trinajstić information content (AvgIpc) is 3.06. The number of hydrogen-bond donors (Lipinski definition) is 1. The van der Waals surface area contributed by atoms with Gasteiger partial charge in [0.2, 0.25) is 5.91 Å². The van der Waals surface area contributed by atoms with Gasteiger partial charge in [0.15, 0.2) is 5.16 Å². The molecule has 1 amide bonds. The maximum atomic E-state index is 12.3. The van der Waals surface area contributed by atoms with Crippen LogP contribution in [0.4, 0.5) is 0 Å². The van der Waals surface area contributed by atoms with E-state index < -0.39 is 0 Å². The first-order chi connectivity index (χ1) is 13.5. The summed E-state index contributed by atoms with van der Waals surface area (Å²) in [5.41, 5.74) is 1.11. The zero-order chi connectivity index (χ0) is 20.0. The van der Waals surface area contributed by atoms with Crippen molar-refractivity contribution in [1.82, 2.24) is 25.0 Å². The number of aromatic nitrogens is 3. The van der Waals surface area contributed by atoms with Crippen molar-refractivity contribution in [2.24, 2.45) is 7.05 Å². The zero-order valence-corrected chi connectivity index (χ0v) is 17.7. The number of hydrogen-bond acceptors (Lipinski definition) is 6. The molecule has 0 atom stereocenters. The summed E-state index contributed by atoms with van der Waals surface area (Å²) in [7, 11) is 1.94. The van der Waals surface area contributed by atoms with Gasteiger partial charge in [-0.1, -0.05) is 42.1 Å². The molecule has 7 nitrogen and oxygen atoms in total. The number of ether oxygens (including phenoxy) is 1. The molecule has 1 aliphatic heterocycles. The van der Waals surface area contributed by atoms with E-state index in [9.17, 15) is 4.79 Å². The fourth-order valence-corrected chi connectivity index (χ4v) is 3.94. The molecular formula is C20H29N5O2S. The van der Waals surface area contributed by atoms with Crippen LogP contribution in [0.25, 0.3) is 0 Å². The van der Waals surface area contributed by atoms with E-state index in [1.807, 2.05) is 29.8 Å². The normalized spacial score (nSPS) is 15.5. The van der Waals surface area contributed by atoms with E-state index in [0.29, 0.717) is 12.3 Å². The molecule has 1 aliphatic rings. The summed E-state index contributed by atoms with van der Waals surface area (Å²) in [5, 5.41) is 12.3. The number of nitrogens with zero attached hydrogens (tertiary/aromatic N) is 4. The number of carbonyl (C=O) groups is 1. The van der Waals surface area contributed by atoms with E-state index in [-0.39, 0.29) is 11.4 Å². The van der Waals surface area contributed by atoms with E-state index in [0.717, 1.165) is 43.7 Å². The monoisotopic (exact) mass is 403 g/mol. The third kappa shape index (κ3) is 5.56. The number of carbonyl (C=O) groups excluding carboxylic acids is 1. The van der Waals surface area contributed by atoms with Crippen LogP contribution in [0.3, 0.4) is 0 Å². The zero-order valence-electron chi connectivity index (χ0n) is 16.9. The lowest BCUT2D eigenvalue weighted by atomic mass is 10.0. The highest BCUT2D eigenvalue weighted by Gasteiger charge is 2.28. The summed E-state index contributed by atoms with van der Waals surface area (Å²) in [6.45, 7) is 8.25. The third-order valence-corrected chi connectivity index (χ3v) is 6.07. The average molecular weight is 404 g/mol. The lowest BCUT2D eigenvalue weighted by Crippen LogP contribution is -2.55. The molecule has 152 valence electrons. The Kier molecular flexibility index (Phi) is 7.09. The Balaban J connectivity index is 1.47. The fourth-order valence-electron chi connectivity index (χ4n) is 3.18. The highest BCUT2D eigenvalue weighted by atomic mass is 32.2. The number of morpholine rings is 1. The summed E-state index contributed by atoms with van der Waals surface area (Å²) in [5.74, 6) is 1.23. The Morgan fingerprint density at radius 2 is 1.93 bits per heavy atom. The number of thioether (sulfide) groups is 1. The Morgan fingerprint density at radius 3 is 2.64 bits per heavy atom. The van der Waals surface area contributed by atoms with Gasteiger partial charge in [-0.2, -0.15) is 0 Å².